The lowest BCUT2D eigenvalue weighted by molar-refractivity contribution is -0.140. The molecule has 4 heterocycles. The monoisotopic (exact) mass is 833 g/mol. The first-order valence-electron chi connectivity index (χ1n) is 21.2. The van der Waals surface area contributed by atoms with Crippen LogP contribution >= 0.6 is 0 Å². The number of benzene rings is 1. The number of anilines is 2. The van der Waals surface area contributed by atoms with E-state index in [4.69, 9.17) is 25.1 Å². The maximum absolute atomic E-state index is 12.9. The first kappa shape index (κ1) is 45.9. The molecule has 1 aliphatic rings. The van der Waals surface area contributed by atoms with Crippen molar-refractivity contribution in [1.82, 2.24) is 44.6 Å². The van der Waals surface area contributed by atoms with Gasteiger partial charge in [-0.15, -0.1) is 5.10 Å². The molecule has 1 aromatic carbocycles. The molecule has 1 unspecified atom stereocenters. The number of unbranched alkanes of at least 4 members (excludes halogenated alkanes) is 2. The van der Waals surface area contributed by atoms with Crippen molar-refractivity contribution in [1.29, 1.82) is 0 Å². The molecule has 18 nitrogen and oxygen atoms in total. The standard InChI is InChI=1S/C42H63N11O7/c1-4-5-6-12-44-40-39-36(46-42(43)47-40)11-13-52(39)29-34-10-9-33(25-31(34)2)28-50-14-16-51(17-15-50)37(54)8-7-19-58-21-23-60-24-22-59-20-18-53-30-35(48-49-53)27-45-41(57)32(3)26-38(55)56/h9-11,13,25,30,32H,4-8,12,14-24,26-29H2,1-3H3,(H,45,57)(H,55,56)(H3,43,44,46,47). The second-order valence-corrected chi connectivity index (χ2v) is 15.3. The van der Waals surface area contributed by atoms with Gasteiger partial charge in [0.2, 0.25) is 17.8 Å². The lowest BCUT2D eigenvalue weighted by atomic mass is 10.0. The molecule has 1 aliphatic heterocycles. The maximum Gasteiger partial charge on any atom is 0.304 e. The Bertz CT molecular complexity index is 1960. The molecule has 4 aromatic rings. The van der Waals surface area contributed by atoms with E-state index in [1.807, 2.05) is 11.0 Å². The van der Waals surface area contributed by atoms with Gasteiger partial charge in [0.05, 0.1) is 64.3 Å². The lowest BCUT2D eigenvalue weighted by Crippen LogP contribution is -2.48. The largest absolute Gasteiger partial charge is 0.481 e. The molecule has 3 aromatic heterocycles. The van der Waals surface area contributed by atoms with Crippen LogP contribution in [0.2, 0.25) is 0 Å². The molecular formula is C42H63N11O7. The summed E-state index contributed by atoms with van der Waals surface area (Å²) in [5.41, 5.74) is 12.2. The molecule has 1 saturated heterocycles. The smallest absolute Gasteiger partial charge is 0.304 e. The molecule has 60 heavy (non-hydrogen) atoms. The van der Waals surface area contributed by atoms with Gasteiger partial charge in [0.15, 0.2) is 5.82 Å². The van der Waals surface area contributed by atoms with E-state index in [0.29, 0.717) is 71.3 Å². The maximum atomic E-state index is 12.9. The number of rotatable bonds is 27. The van der Waals surface area contributed by atoms with Crippen LogP contribution in [0.5, 0.6) is 0 Å². The molecular weight excluding hydrogens is 771 g/mol. The SMILES string of the molecule is CCCCCNc1nc(N)nc2ccn(Cc3ccc(CN4CCN(C(=O)CCCOCCOCCOCCn5cc(CNC(=O)C(C)CC(=O)O)nn5)CC4)cc3C)c12. The summed E-state index contributed by atoms with van der Waals surface area (Å²) in [6.45, 7) is 14.8. The second kappa shape index (κ2) is 24.2. The molecule has 0 bridgehead atoms. The Morgan fingerprint density at radius 2 is 1.68 bits per heavy atom. The van der Waals surface area contributed by atoms with Crippen LogP contribution < -0.4 is 16.4 Å². The van der Waals surface area contributed by atoms with Crippen LogP contribution in [-0.2, 0) is 54.8 Å². The summed E-state index contributed by atoms with van der Waals surface area (Å²) >= 11 is 0. The van der Waals surface area contributed by atoms with Gasteiger partial charge in [-0.1, -0.05) is 50.1 Å². The van der Waals surface area contributed by atoms with Crippen LogP contribution in [0.25, 0.3) is 11.0 Å². The van der Waals surface area contributed by atoms with Crippen LogP contribution in [0.4, 0.5) is 11.8 Å². The molecule has 0 aliphatic carbocycles. The summed E-state index contributed by atoms with van der Waals surface area (Å²) in [6.07, 6.45) is 8.08. The van der Waals surface area contributed by atoms with E-state index in [1.54, 1.807) is 17.8 Å². The number of nitrogens with one attached hydrogen (secondary N) is 2. The van der Waals surface area contributed by atoms with Gasteiger partial charge < -0.3 is 45.2 Å². The van der Waals surface area contributed by atoms with Gasteiger partial charge >= 0.3 is 5.97 Å². The van der Waals surface area contributed by atoms with E-state index in [-0.39, 0.29) is 30.7 Å². The lowest BCUT2D eigenvalue weighted by Gasteiger charge is -2.35. The second-order valence-electron chi connectivity index (χ2n) is 15.3. The predicted octanol–water partition coefficient (Wildman–Crippen LogP) is 3.47. The normalized spacial score (nSPS) is 13.8. The Balaban J connectivity index is 0.885. The zero-order chi connectivity index (χ0) is 42.7. The first-order chi connectivity index (χ1) is 29.1. The van der Waals surface area contributed by atoms with Crippen molar-refractivity contribution < 1.29 is 33.7 Å². The fraction of sp³-hybridized carbons (Fsp3) is 0.595. The number of carbonyl (C=O) groups is 3. The van der Waals surface area contributed by atoms with E-state index in [2.05, 4.69) is 78.6 Å². The van der Waals surface area contributed by atoms with Gasteiger partial charge in [-0.25, -0.2) is 9.67 Å². The third-order valence-corrected chi connectivity index (χ3v) is 10.4. The van der Waals surface area contributed by atoms with E-state index in [1.165, 1.54) is 23.1 Å². The molecule has 0 spiro atoms. The molecule has 0 saturated carbocycles. The van der Waals surface area contributed by atoms with Crippen molar-refractivity contribution in [3.8, 4) is 0 Å². The van der Waals surface area contributed by atoms with Crippen molar-refractivity contribution in [2.24, 2.45) is 5.92 Å². The molecule has 328 valence electrons. The number of carboxylic acid groups (broad SMARTS) is 1. The Hall–Kier alpha value is -5.17. The number of ether oxygens (including phenoxy) is 3. The number of amides is 2. The van der Waals surface area contributed by atoms with E-state index < -0.39 is 11.9 Å². The number of hydrogen-bond donors (Lipinski definition) is 4. The number of aliphatic carboxylic acids is 1. The number of fused-ring (bicyclic) bond motifs is 1. The van der Waals surface area contributed by atoms with Crippen molar-refractivity contribution in [3.05, 3.63) is 59.0 Å². The van der Waals surface area contributed by atoms with E-state index >= 15 is 0 Å². The Morgan fingerprint density at radius 3 is 2.42 bits per heavy atom. The molecule has 0 radical (unpaired) electrons. The van der Waals surface area contributed by atoms with Crippen molar-refractivity contribution >= 4 is 40.6 Å². The highest BCUT2D eigenvalue weighted by molar-refractivity contribution is 5.87. The summed E-state index contributed by atoms with van der Waals surface area (Å²) in [5.74, 6) is -0.747. The number of carboxylic acids is 1. The van der Waals surface area contributed by atoms with Crippen molar-refractivity contribution in [2.75, 3.05) is 83.4 Å². The predicted molar refractivity (Wildman–Crippen MR) is 227 cm³/mol. The highest BCUT2D eigenvalue weighted by atomic mass is 16.5. The van der Waals surface area contributed by atoms with Gasteiger partial charge in [-0.05, 0) is 42.5 Å². The van der Waals surface area contributed by atoms with Crippen LogP contribution in [0, 0.1) is 12.8 Å². The average molecular weight is 834 g/mol. The number of nitrogens with two attached hydrogens (primary N) is 1. The minimum Gasteiger partial charge on any atom is -0.481 e. The number of carbonyl (C=O) groups excluding carboxylic acids is 2. The molecule has 2 amide bonds. The van der Waals surface area contributed by atoms with Crippen LogP contribution in [0.3, 0.4) is 0 Å². The summed E-state index contributed by atoms with van der Waals surface area (Å²) in [6, 6.07) is 8.71. The van der Waals surface area contributed by atoms with Crippen molar-refractivity contribution in [2.45, 2.75) is 85.5 Å². The van der Waals surface area contributed by atoms with E-state index in [9.17, 15) is 14.4 Å². The third-order valence-electron chi connectivity index (χ3n) is 10.4. The molecule has 1 atom stereocenters. The number of nitrogen functional groups attached to an aromatic ring is 1. The fourth-order valence-electron chi connectivity index (χ4n) is 7.01. The fourth-order valence-corrected chi connectivity index (χ4v) is 7.01. The minimum atomic E-state index is -1.02. The first-order valence-corrected chi connectivity index (χ1v) is 21.2. The molecule has 5 N–H and O–H groups in total. The highest BCUT2D eigenvalue weighted by Gasteiger charge is 2.21. The third kappa shape index (κ3) is 14.8. The Morgan fingerprint density at radius 1 is 0.933 bits per heavy atom. The summed E-state index contributed by atoms with van der Waals surface area (Å²) < 4.78 is 20.7. The van der Waals surface area contributed by atoms with Gasteiger partial charge in [0.1, 0.15) is 11.2 Å². The Labute approximate surface area is 352 Å². The topological polar surface area (TPSA) is 217 Å². The van der Waals surface area contributed by atoms with Crippen LogP contribution in [0.15, 0.2) is 36.7 Å². The van der Waals surface area contributed by atoms with Gasteiger partial charge in [-0.3, -0.25) is 19.3 Å². The number of nitrogens with zero attached hydrogens (tertiary/aromatic N) is 8. The quantitative estimate of drug-likeness (QED) is 0.0634. The number of aromatic nitrogens is 6. The van der Waals surface area contributed by atoms with Crippen LogP contribution in [-0.4, -0.2) is 135 Å². The van der Waals surface area contributed by atoms with Gasteiger partial charge in [0, 0.05) is 71.0 Å². The van der Waals surface area contributed by atoms with Gasteiger partial charge in [0.25, 0.3) is 0 Å². The zero-order valence-corrected chi connectivity index (χ0v) is 35.4. The Kier molecular flexibility index (Phi) is 18.5. The summed E-state index contributed by atoms with van der Waals surface area (Å²) in [5, 5.41) is 23.0. The van der Waals surface area contributed by atoms with Crippen molar-refractivity contribution in [3.63, 3.8) is 0 Å². The summed E-state index contributed by atoms with van der Waals surface area (Å²) in [7, 11) is 0. The zero-order valence-electron chi connectivity index (χ0n) is 35.4. The number of aryl methyl sites for hydroxylation is 1. The van der Waals surface area contributed by atoms with Crippen LogP contribution in [0.1, 0.15) is 74.8 Å². The van der Waals surface area contributed by atoms with E-state index in [0.717, 1.165) is 69.0 Å². The number of piperazine rings is 1. The number of hydrogen-bond acceptors (Lipinski definition) is 13. The molecule has 1 fully saturated rings. The summed E-state index contributed by atoms with van der Waals surface area (Å²) in [4.78, 5) is 49.0. The average Bonchev–Trinajstić information content (AvgIpc) is 3.86. The molecule has 18 heteroatoms. The highest BCUT2D eigenvalue weighted by Crippen LogP contribution is 2.25. The minimum absolute atomic E-state index is 0.174. The molecule has 5 rings (SSSR count). The van der Waals surface area contributed by atoms with Gasteiger partial charge in [-0.2, -0.15) is 4.98 Å².